The molecule has 166 valence electrons. The Hall–Kier alpha value is -1.86. The number of carbonyl (C=O) groups excluding carboxylic acids is 1. The van der Waals surface area contributed by atoms with Gasteiger partial charge >= 0.3 is 5.97 Å². The number of hydrogen-bond donors (Lipinski definition) is 3. The van der Waals surface area contributed by atoms with Crippen LogP contribution >= 0.6 is 11.6 Å². The van der Waals surface area contributed by atoms with Gasteiger partial charge in [-0.3, -0.25) is 4.79 Å². The van der Waals surface area contributed by atoms with Crippen molar-refractivity contribution in [3.8, 4) is 5.75 Å². The lowest BCUT2D eigenvalue weighted by Gasteiger charge is -2.19. The molecular formula is C23H31ClO6. The average molecular weight is 439 g/mol. The van der Waals surface area contributed by atoms with Crippen LogP contribution in [0, 0.1) is 11.8 Å². The molecule has 1 saturated carbocycles. The first kappa shape index (κ1) is 24.4. The molecule has 0 radical (unpaired) electrons. The molecule has 5 atom stereocenters. The lowest BCUT2D eigenvalue weighted by Crippen LogP contribution is -2.21. The first-order valence-electron chi connectivity index (χ1n) is 10.2. The number of rotatable bonds is 11. The molecular weight excluding hydrogens is 408 g/mol. The first-order chi connectivity index (χ1) is 14.4. The Kier molecular flexibility index (Phi) is 10.4. The summed E-state index contributed by atoms with van der Waals surface area (Å²) in [6.07, 6.45) is 7.98. The molecule has 2 rings (SSSR count). The molecule has 0 heterocycles. The van der Waals surface area contributed by atoms with Gasteiger partial charge in [0.05, 0.1) is 19.3 Å². The highest BCUT2D eigenvalue weighted by molar-refractivity contribution is 6.30. The Morgan fingerprint density at radius 2 is 2.10 bits per heavy atom. The molecule has 1 aliphatic carbocycles. The first-order valence-corrected chi connectivity index (χ1v) is 10.6. The highest BCUT2D eigenvalue weighted by Crippen LogP contribution is 2.36. The molecule has 0 unspecified atom stereocenters. The van der Waals surface area contributed by atoms with E-state index in [1.165, 1.54) is 7.11 Å². The third kappa shape index (κ3) is 8.11. The fourth-order valence-corrected chi connectivity index (χ4v) is 3.77. The second kappa shape index (κ2) is 12.7. The molecule has 1 aliphatic rings. The van der Waals surface area contributed by atoms with Gasteiger partial charge < -0.3 is 24.8 Å². The Balaban J connectivity index is 1.81. The topological polar surface area (TPSA) is 96.2 Å². The number of aliphatic hydroxyl groups is 3. The number of unbranched alkanes of at least 4 members (excludes halogenated alkanes) is 1. The van der Waals surface area contributed by atoms with Crippen molar-refractivity contribution >= 4 is 17.6 Å². The van der Waals surface area contributed by atoms with Crippen molar-refractivity contribution < 1.29 is 29.6 Å². The van der Waals surface area contributed by atoms with Crippen LogP contribution in [0.3, 0.4) is 0 Å². The van der Waals surface area contributed by atoms with Crippen molar-refractivity contribution in [3.05, 3.63) is 53.6 Å². The molecule has 1 aromatic carbocycles. The summed E-state index contributed by atoms with van der Waals surface area (Å²) in [6, 6.07) is 6.94. The molecule has 6 nitrogen and oxygen atoms in total. The van der Waals surface area contributed by atoms with E-state index in [1.807, 2.05) is 12.2 Å². The van der Waals surface area contributed by atoms with Crippen molar-refractivity contribution in [3.63, 3.8) is 0 Å². The lowest BCUT2D eigenvalue weighted by atomic mass is 9.89. The van der Waals surface area contributed by atoms with Crippen LogP contribution in [0.5, 0.6) is 5.75 Å². The van der Waals surface area contributed by atoms with E-state index in [0.29, 0.717) is 36.5 Å². The molecule has 1 aromatic rings. The molecule has 0 saturated heterocycles. The number of hydrogen-bond acceptors (Lipinski definition) is 6. The number of ether oxygens (including phenoxy) is 2. The van der Waals surface area contributed by atoms with Crippen LogP contribution in [0.1, 0.15) is 32.1 Å². The zero-order valence-corrected chi connectivity index (χ0v) is 17.9. The summed E-state index contributed by atoms with van der Waals surface area (Å²) in [5.74, 6) is -0.0305. The molecule has 7 heteroatoms. The van der Waals surface area contributed by atoms with Crippen molar-refractivity contribution in [1.29, 1.82) is 0 Å². The van der Waals surface area contributed by atoms with Gasteiger partial charge in [-0.2, -0.15) is 0 Å². The van der Waals surface area contributed by atoms with Crippen molar-refractivity contribution in [2.24, 2.45) is 11.8 Å². The maximum Gasteiger partial charge on any atom is 0.305 e. The van der Waals surface area contributed by atoms with E-state index >= 15 is 0 Å². The molecule has 0 amide bonds. The van der Waals surface area contributed by atoms with Crippen LogP contribution in [0.4, 0.5) is 0 Å². The Morgan fingerprint density at radius 3 is 2.83 bits per heavy atom. The van der Waals surface area contributed by atoms with Gasteiger partial charge in [0, 0.05) is 23.8 Å². The Labute approximate surface area is 182 Å². The highest BCUT2D eigenvalue weighted by atomic mass is 35.5. The second-order valence-electron chi connectivity index (χ2n) is 7.51. The fraction of sp³-hybridized carbons (Fsp3) is 0.522. The highest BCUT2D eigenvalue weighted by Gasteiger charge is 2.39. The number of aliphatic hydroxyl groups excluding tert-OH is 3. The van der Waals surface area contributed by atoms with Gasteiger partial charge in [-0.15, -0.1) is 0 Å². The summed E-state index contributed by atoms with van der Waals surface area (Å²) in [6.45, 7) is 0.0625. The van der Waals surface area contributed by atoms with E-state index in [2.05, 4.69) is 4.74 Å². The number of esters is 1. The van der Waals surface area contributed by atoms with Gasteiger partial charge in [0.15, 0.2) is 0 Å². The quantitative estimate of drug-likeness (QED) is 0.279. The lowest BCUT2D eigenvalue weighted by molar-refractivity contribution is -0.140. The van der Waals surface area contributed by atoms with Crippen molar-refractivity contribution in [1.82, 2.24) is 0 Å². The standard InChI is InChI=1S/C23H31ClO6/c1-29-23(28)10-5-3-2-4-9-19-20(22(27)14-21(19)26)12-11-17(25)15-30-18-8-6-7-16(24)13-18/h2,4,6-8,11-13,17,19-22,25-27H,3,5,9-10,14-15H2,1H3/t17-,19-,20-,21+,22-/m1/s1. The summed E-state index contributed by atoms with van der Waals surface area (Å²) in [4.78, 5) is 11.1. The van der Waals surface area contributed by atoms with Gasteiger partial charge in [0.1, 0.15) is 18.5 Å². The summed E-state index contributed by atoms with van der Waals surface area (Å²) < 4.78 is 10.1. The molecule has 0 bridgehead atoms. The van der Waals surface area contributed by atoms with E-state index in [0.717, 1.165) is 6.42 Å². The van der Waals surface area contributed by atoms with Crippen molar-refractivity contribution in [2.75, 3.05) is 13.7 Å². The summed E-state index contributed by atoms with van der Waals surface area (Å²) >= 11 is 5.91. The Bertz CT molecular complexity index is 719. The minimum atomic E-state index is -0.844. The minimum absolute atomic E-state index is 0.0625. The summed E-state index contributed by atoms with van der Waals surface area (Å²) in [7, 11) is 1.37. The predicted octanol–water partition coefficient (Wildman–Crippen LogP) is 3.28. The number of halogens is 1. The third-order valence-electron chi connectivity index (χ3n) is 5.24. The van der Waals surface area contributed by atoms with Gasteiger partial charge in [0.2, 0.25) is 0 Å². The molecule has 30 heavy (non-hydrogen) atoms. The SMILES string of the molecule is COC(=O)CCCC=CC[C@@H]1[C@@H](C=C[C@@H](O)COc2cccc(Cl)c2)[C@H](O)C[C@@H]1O. The number of carbonyl (C=O) groups is 1. The van der Waals surface area contributed by atoms with Crippen LogP contribution in [0.25, 0.3) is 0 Å². The van der Waals surface area contributed by atoms with E-state index in [4.69, 9.17) is 16.3 Å². The Morgan fingerprint density at radius 1 is 1.30 bits per heavy atom. The largest absolute Gasteiger partial charge is 0.491 e. The molecule has 1 fully saturated rings. The number of benzene rings is 1. The zero-order valence-electron chi connectivity index (χ0n) is 17.2. The summed E-state index contributed by atoms with van der Waals surface area (Å²) in [5, 5.41) is 31.3. The van der Waals surface area contributed by atoms with E-state index in [1.54, 1.807) is 36.4 Å². The maximum absolute atomic E-state index is 11.1. The van der Waals surface area contributed by atoms with E-state index in [9.17, 15) is 20.1 Å². The second-order valence-corrected chi connectivity index (χ2v) is 7.94. The van der Waals surface area contributed by atoms with Crippen LogP contribution in [0.2, 0.25) is 5.02 Å². The molecule has 3 N–H and O–H groups in total. The van der Waals surface area contributed by atoms with Crippen LogP contribution < -0.4 is 4.74 Å². The van der Waals surface area contributed by atoms with Gasteiger partial charge in [-0.1, -0.05) is 42.0 Å². The molecule has 0 spiro atoms. The van der Waals surface area contributed by atoms with Crippen molar-refractivity contribution in [2.45, 2.75) is 50.4 Å². The van der Waals surface area contributed by atoms with E-state index < -0.39 is 18.3 Å². The number of methoxy groups -OCH3 is 1. The average Bonchev–Trinajstić information content (AvgIpc) is 2.99. The number of allylic oxidation sites excluding steroid dienone is 2. The molecule has 0 aromatic heterocycles. The van der Waals surface area contributed by atoms with E-state index in [-0.39, 0.29) is 24.4 Å². The fourth-order valence-electron chi connectivity index (χ4n) is 3.59. The minimum Gasteiger partial charge on any atom is -0.491 e. The molecule has 0 aliphatic heterocycles. The van der Waals surface area contributed by atoms with Crippen LogP contribution in [-0.2, 0) is 9.53 Å². The van der Waals surface area contributed by atoms with Gasteiger partial charge in [-0.25, -0.2) is 0 Å². The third-order valence-corrected chi connectivity index (χ3v) is 5.48. The monoisotopic (exact) mass is 438 g/mol. The van der Waals surface area contributed by atoms with Crippen LogP contribution in [0.15, 0.2) is 48.6 Å². The van der Waals surface area contributed by atoms with Crippen LogP contribution in [-0.4, -0.2) is 53.3 Å². The van der Waals surface area contributed by atoms with Gasteiger partial charge in [0.25, 0.3) is 0 Å². The zero-order chi connectivity index (χ0) is 21.9. The normalized spacial score (nSPS) is 25.1. The predicted molar refractivity (Wildman–Crippen MR) is 115 cm³/mol. The smallest absolute Gasteiger partial charge is 0.305 e. The maximum atomic E-state index is 11.1. The summed E-state index contributed by atoms with van der Waals surface area (Å²) in [5.41, 5.74) is 0. The van der Waals surface area contributed by atoms with Gasteiger partial charge in [-0.05, 0) is 43.4 Å².